The van der Waals surface area contributed by atoms with Crippen LogP contribution in [0.2, 0.25) is 0 Å². The van der Waals surface area contributed by atoms with Crippen LogP contribution in [0.4, 0.5) is 0 Å². The van der Waals surface area contributed by atoms with Crippen LogP contribution in [0.5, 0.6) is 0 Å². The van der Waals surface area contributed by atoms with Gasteiger partial charge in [0.05, 0.1) is 12.3 Å². The number of allylic oxidation sites excluding steroid dienone is 4. The molecule has 5 nitrogen and oxygen atoms in total. The Morgan fingerprint density at radius 3 is 3.00 bits per heavy atom. The fourth-order valence-electron chi connectivity index (χ4n) is 2.14. The van der Waals surface area contributed by atoms with Gasteiger partial charge in [0.1, 0.15) is 0 Å². The van der Waals surface area contributed by atoms with E-state index >= 15 is 0 Å². The van der Waals surface area contributed by atoms with Crippen LogP contribution in [0.25, 0.3) is 0 Å². The van der Waals surface area contributed by atoms with E-state index < -0.39 is 0 Å². The average molecular weight is 272 g/mol. The molecule has 104 valence electrons. The topological polar surface area (TPSA) is 67.8 Å². The fraction of sp³-hybridized carbons (Fsp3) is 0.267. The normalized spacial score (nSPS) is 23.4. The largest absolute Gasteiger partial charge is 0.380 e. The van der Waals surface area contributed by atoms with E-state index in [1.165, 1.54) is 6.08 Å². The van der Waals surface area contributed by atoms with Crippen LogP contribution in [0, 0.1) is 5.92 Å². The van der Waals surface area contributed by atoms with E-state index in [1.807, 2.05) is 6.08 Å². The van der Waals surface area contributed by atoms with Crippen molar-refractivity contribution in [3.63, 3.8) is 0 Å². The van der Waals surface area contributed by atoms with Gasteiger partial charge in [0.2, 0.25) is 5.91 Å². The second kappa shape index (κ2) is 6.25. The summed E-state index contributed by atoms with van der Waals surface area (Å²) in [6.45, 7) is 2.15. The monoisotopic (exact) mass is 272 g/mol. The van der Waals surface area contributed by atoms with Crippen LogP contribution < -0.4 is 5.32 Å². The average Bonchev–Trinajstić information content (AvgIpc) is 2.38. The van der Waals surface area contributed by atoms with E-state index in [4.69, 9.17) is 4.74 Å². The van der Waals surface area contributed by atoms with E-state index in [1.54, 1.807) is 38.3 Å². The van der Waals surface area contributed by atoms with Crippen molar-refractivity contribution in [2.24, 2.45) is 10.9 Å². The van der Waals surface area contributed by atoms with Gasteiger partial charge >= 0.3 is 0 Å². The summed E-state index contributed by atoms with van der Waals surface area (Å²) < 4.78 is 5.10. The number of methoxy groups -OCH3 is 1. The number of fused-ring (bicyclic) bond motifs is 1. The Balaban J connectivity index is 2.26. The van der Waals surface area contributed by atoms with Crippen molar-refractivity contribution in [2.45, 2.75) is 6.92 Å². The van der Waals surface area contributed by atoms with Gasteiger partial charge in [-0.1, -0.05) is 12.2 Å². The number of amides is 2. The van der Waals surface area contributed by atoms with Crippen molar-refractivity contribution in [3.8, 4) is 0 Å². The van der Waals surface area contributed by atoms with Gasteiger partial charge in [-0.25, -0.2) is 4.99 Å². The second-order valence-electron chi connectivity index (χ2n) is 4.45. The van der Waals surface area contributed by atoms with Crippen LogP contribution in [-0.4, -0.2) is 31.2 Å². The summed E-state index contributed by atoms with van der Waals surface area (Å²) in [5, 5.41) is 2.77. The molecule has 2 amide bonds. The number of nitrogens with zero attached hydrogens (tertiary/aromatic N) is 1. The molecule has 5 heteroatoms. The predicted octanol–water partition coefficient (Wildman–Crippen LogP) is 1.30. The van der Waals surface area contributed by atoms with Gasteiger partial charge in [-0.15, -0.1) is 0 Å². The molecule has 1 aliphatic carbocycles. The summed E-state index contributed by atoms with van der Waals surface area (Å²) in [6.07, 6.45) is 9.96. The van der Waals surface area contributed by atoms with Crippen LogP contribution >= 0.6 is 0 Å². The number of ether oxygens (including phenoxy) is 1. The maximum atomic E-state index is 11.6. The molecule has 0 saturated carbocycles. The number of hydrogen-bond acceptors (Lipinski definition) is 3. The highest BCUT2D eigenvalue weighted by Crippen LogP contribution is 2.27. The highest BCUT2D eigenvalue weighted by molar-refractivity contribution is 6.12. The maximum Gasteiger partial charge on any atom is 0.269 e. The lowest BCUT2D eigenvalue weighted by Crippen LogP contribution is -2.34. The molecule has 0 radical (unpaired) electrons. The Hall–Kier alpha value is -2.27. The minimum Gasteiger partial charge on any atom is -0.380 e. The van der Waals surface area contributed by atoms with Gasteiger partial charge < -0.3 is 10.1 Å². The molecule has 2 aliphatic rings. The Kier molecular flexibility index (Phi) is 4.42. The molecule has 0 bridgehead atoms. The minimum absolute atomic E-state index is 0.0246. The van der Waals surface area contributed by atoms with Crippen molar-refractivity contribution >= 4 is 17.5 Å². The minimum atomic E-state index is -0.322. The molecule has 2 rings (SSSR count). The quantitative estimate of drug-likeness (QED) is 0.787. The molecule has 20 heavy (non-hydrogen) atoms. The van der Waals surface area contributed by atoms with E-state index in [-0.39, 0.29) is 17.7 Å². The molecular weight excluding hydrogens is 256 g/mol. The number of nitrogens with one attached hydrogen (secondary N) is 1. The SMILES string of the molecule is C/C=C\C(=O)N=C1C=CC2C(COC)=CC(=O)NC2=C1. The van der Waals surface area contributed by atoms with E-state index in [2.05, 4.69) is 10.3 Å². The summed E-state index contributed by atoms with van der Waals surface area (Å²) in [4.78, 5) is 27.0. The molecule has 1 unspecified atom stereocenters. The Morgan fingerprint density at radius 2 is 2.30 bits per heavy atom. The van der Waals surface area contributed by atoms with E-state index in [9.17, 15) is 9.59 Å². The zero-order valence-electron chi connectivity index (χ0n) is 11.4. The third-order valence-electron chi connectivity index (χ3n) is 2.94. The molecule has 1 heterocycles. The molecule has 0 saturated heterocycles. The smallest absolute Gasteiger partial charge is 0.269 e. The molecule has 1 N–H and O–H groups in total. The van der Waals surface area contributed by atoms with Crippen molar-refractivity contribution in [3.05, 3.63) is 47.7 Å². The van der Waals surface area contributed by atoms with Gasteiger partial charge in [-0.2, -0.15) is 0 Å². The van der Waals surface area contributed by atoms with Crippen molar-refractivity contribution in [2.75, 3.05) is 13.7 Å². The fourth-order valence-corrected chi connectivity index (χ4v) is 2.14. The first-order valence-corrected chi connectivity index (χ1v) is 6.29. The third-order valence-corrected chi connectivity index (χ3v) is 2.94. The zero-order chi connectivity index (χ0) is 14.5. The summed E-state index contributed by atoms with van der Waals surface area (Å²) in [6, 6.07) is 0. The van der Waals surface area contributed by atoms with E-state index in [0.29, 0.717) is 12.3 Å². The Labute approximate surface area is 117 Å². The highest BCUT2D eigenvalue weighted by atomic mass is 16.5. The zero-order valence-corrected chi connectivity index (χ0v) is 11.4. The molecule has 1 aliphatic heterocycles. The molecule has 0 aromatic heterocycles. The number of hydrogen-bond donors (Lipinski definition) is 1. The summed E-state index contributed by atoms with van der Waals surface area (Å²) >= 11 is 0. The molecular formula is C15H16N2O3. The third kappa shape index (κ3) is 3.19. The summed E-state index contributed by atoms with van der Waals surface area (Å²) in [5.74, 6) is -0.533. The van der Waals surface area contributed by atoms with Gasteiger partial charge in [0.25, 0.3) is 5.91 Å². The standard InChI is InChI=1S/C15H16N2O3/c1-3-4-14(18)16-11-5-6-12-10(9-20-2)7-15(19)17-13(12)8-11/h3-8,12H,9H2,1-2H3,(H,17,19)/b4-3-,16-11?. The lowest BCUT2D eigenvalue weighted by molar-refractivity contribution is -0.116. The lowest BCUT2D eigenvalue weighted by atomic mass is 9.88. The maximum absolute atomic E-state index is 11.6. The van der Waals surface area contributed by atoms with Gasteiger partial charge in [-0.3, -0.25) is 9.59 Å². The Morgan fingerprint density at radius 1 is 1.50 bits per heavy atom. The first-order chi connectivity index (χ1) is 9.63. The number of aliphatic imine (C=N–C) groups is 1. The van der Waals surface area contributed by atoms with Gasteiger partial charge in [0, 0.05) is 30.9 Å². The molecule has 0 fully saturated rings. The summed E-state index contributed by atoms with van der Waals surface area (Å²) in [7, 11) is 1.59. The van der Waals surface area contributed by atoms with Crippen LogP contribution in [0.15, 0.2) is 52.7 Å². The first-order valence-electron chi connectivity index (χ1n) is 6.29. The molecule has 0 spiro atoms. The van der Waals surface area contributed by atoms with E-state index in [0.717, 1.165) is 11.3 Å². The summed E-state index contributed by atoms with van der Waals surface area (Å²) in [5.41, 5.74) is 2.13. The van der Waals surface area contributed by atoms with Crippen molar-refractivity contribution in [1.82, 2.24) is 5.32 Å². The predicted molar refractivity (Wildman–Crippen MR) is 76.1 cm³/mol. The first kappa shape index (κ1) is 14.1. The number of carbonyl (C=O) groups excluding carboxylic acids is 2. The van der Waals surface area contributed by atoms with Crippen LogP contribution in [0.3, 0.4) is 0 Å². The molecule has 1 atom stereocenters. The van der Waals surface area contributed by atoms with Gasteiger partial charge in [0.15, 0.2) is 0 Å². The van der Waals surface area contributed by atoms with Gasteiger partial charge in [-0.05, 0) is 24.6 Å². The molecule has 0 aromatic rings. The lowest BCUT2D eigenvalue weighted by Gasteiger charge is -2.27. The number of rotatable bonds is 3. The highest BCUT2D eigenvalue weighted by Gasteiger charge is 2.26. The van der Waals surface area contributed by atoms with Crippen LogP contribution in [0.1, 0.15) is 6.92 Å². The van der Waals surface area contributed by atoms with Crippen molar-refractivity contribution in [1.29, 1.82) is 0 Å². The second-order valence-corrected chi connectivity index (χ2v) is 4.45. The number of carbonyl (C=O) groups is 2. The van der Waals surface area contributed by atoms with Crippen LogP contribution in [-0.2, 0) is 14.3 Å². The molecule has 0 aromatic carbocycles. The van der Waals surface area contributed by atoms with Crippen molar-refractivity contribution < 1.29 is 14.3 Å². The Bertz CT molecular complexity index is 580.